The molecule has 18 heavy (non-hydrogen) atoms. The van der Waals surface area contributed by atoms with E-state index < -0.39 is 0 Å². The van der Waals surface area contributed by atoms with Gasteiger partial charge in [0.15, 0.2) is 0 Å². The molecular weight excluding hydrogens is 246 g/mol. The molecule has 0 radical (unpaired) electrons. The van der Waals surface area contributed by atoms with E-state index in [1.807, 2.05) is 19.2 Å². The topological polar surface area (TPSA) is 34.4 Å². The Morgan fingerprint density at radius 3 is 2.67 bits per heavy atom. The summed E-state index contributed by atoms with van der Waals surface area (Å²) in [5, 5.41) is 5.53. The minimum atomic E-state index is 0.182. The van der Waals surface area contributed by atoms with E-state index >= 15 is 0 Å². The van der Waals surface area contributed by atoms with Gasteiger partial charge < -0.3 is 14.5 Å². The summed E-state index contributed by atoms with van der Waals surface area (Å²) in [5.41, 5.74) is 1.21. The molecule has 1 atom stereocenters. The number of hydrogen-bond acceptors (Lipinski definition) is 4. The second-order valence-electron chi connectivity index (χ2n) is 4.25. The number of furan rings is 1. The van der Waals surface area contributed by atoms with Gasteiger partial charge in [0, 0.05) is 15.8 Å². The Balaban J connectivity index is 2.36. The molecule has 2 rings (SSSR count). The van der Waals surface area contributed by atoms with Gasteiger partial charge in [0.25, 0.3) is 0 Å². The largest absolute Gasteiger partial charge is 0.496 e. The van der Waals surface area contributed by atoms with Crippen LogP contribution in [0.2, 0.25) is 0 Å². The Labute approximate surface area is 112 Å². The van der Waals surface area contributed by atoms with E-state index in [4.69, 9.17) is 9.15 Å². The van der Waals surface area contributed by atoms with Crippen molar-refractivity contribution in [3.8, 4) is 5.75 Å². The number of ether oxygens (including phenoxy) is 1. The van der Waals surface area contributed by atoms with E-state index in [0.29, 0.717) is 0 Å². The lowest BCUT2D eigenvalue weighted by Gasteiger charge is -2.15. The first-order valence-electron chi connectivity index (χ1n) is 6.08. The molecule has 0 saturated carbocycles. The fourth-order valence-corrected chi connectivity index (χ4v) is 3.04. The first-order valence-corrected chi connectivity index (χ1v) is 6.96. The van der Waals surface area contributed by atoms with Crippen molar-refractivity contribution in [2.24, 2.45) is 0 Å². The predicted molar refractivity (Wildman–Crippen MR) is 74.6 cm³/mol. The van der Waals surface area contributed by atoms with Gasteiger partial charge in [-0.05, 0) is 32.5 Å². The third kappa shape index (κ3) is 2.60. The predicted octanol–water partition coefficient (Wildman–Crippen LogP) is 3.67. The van der Waals surface area contributed by atoms with Crippen molar-refractivity contribution >= 4 is 11.3 Å². The lowest BCUT2D eigenvalue weighted by atomic mass is 10.1. The summed E-state index contributed by atoms with van der Waals surface area (Å²) in [6, 6.07) is 4.37. The van der Waals surface area contributed by atoms with E-state index in [2.05, 4.69) is 24.4 Å². The zero-order valence-electron chi connectivity index (χ0n) is 11.2. The standard InChI is InChI=1S/C14H19NO2S/c1-5-15-14(12-6-9(2)17-10(12)3)13-7-11(16-4)8-18-13/h6-8,14-15H,5H2,1-4H3. The van der Waals surface area contributed by atoms with E-state index in [1.165, 1.54) is 10.4 Å². The number of methoxy groups -OCH3 is 1. The van der Waals surface area contributed by atoms with Crippen LogP contribution in [0.15, 0.2) is 21.9 Å². The third-order valence-electron chi connectivity index (χ3n) is 2.91. The normalized spacial score (nSPS) is 12.7. The highest BCUT2D eigenvalue weighted by molar-refractivity contribution is 7.10. The quantitative estimate of drug-likeness (QED) is 0.895. The van der Waals surface area contributed by atoms with Gasteiger partial charge in [0.05, 0.1) is 13.2 Å². The highest BCUT2D eigenvalue weighted by atomic mass is 32.1. The SMILES string of the molecule is CCNC(c1cc(OC)cs1)c1cc(C)oc1C. The lowest BCUT2D eigenvalue weighted by Crippen LogP contribution is -2.21. The highest BCUT2D eigenvalue weighted by Gasteiger charge is 2.20. The van der Waals surface area contributed by atoms with Gasteiger partial charge >= 0.3 is 0 Å². The number of thiophene rings is 1. The molecular formula is C14H19NO2S. The van der Waals surface area contributed by atoms with Crippen molar-refractivity contribution in [1.82, 2.24) is 5.32 Å². The summed E-state index contributed by atoms with van der Waals surface area (Å²) in [7, 11) is 1.70. The average Bonchev–Trinajstić information content (AvgIpc) is 2.93. The van der Waals surface area contributed by atoms with Gasteiger partial charge in [-0.1, -0.05) is 6.92 Å². The first kappa shape index (κ1) is 13.2. The third-order valence-corrected chi connectivity index (χ3v) is 3.89. The van der Waals surface area contributed by atoms with Gasteiger partial charge in [-0.15, -0.1) is 11.3 Å². The van der Waals surface area contributed by atoms with Crippen molar-refractivity contribution < 1.29 is 9.15 Å². The number of hydrogen-bond donors (Lipinski definition) is 1. The van der Waals surface area contributed by atoms with Crippen molar-refractivity contribution in [2.75, 3.05) is 13.7 Å². The van der Waals surface area contributed by atoms with E-state index in [1.54, 1.807) is 18.4 Å². The number of nitrogens with one attached hydrogen (secondary N) is 1. The minimum Gasteiger partial charge on any atom is -0.496 e. The molecule has 0 amide bonds. The molecule has 1 unspecified atom stereocenters. The molecule has 0 aromatic carbocycles. The Bertz CT molecular complexity index is 516. The summed E-state index contributed by atoms with van der Waals surface area (Å²) in [6.45, 7) is 7.01. The fraction of sp³-hybridized carbons (Fsp3) is 0.429. The van der Waals surface area contributed by atoms with E-state index in [-0.39, 0.29) is 6.04 Å². The van der Waals surface area contributed by atoms with E-state index in [0.717, 1.165) is 23.8 Å². The number of aryl methyl sites for hydroxylation is 2. The van der Waals surface area contributed by atoms with Crippen LogP contribution in [-0.2, 0) is 0 Å². The first-order chi connectivity index (χ1) is 8.65. The summed E-state index contributed by atoms with van der Waals surface area (Å²) in [5.74, 6) is 2.84. The summed E-state index contributed by atoms with van der Waals surface area (Å²) in [6.07, 6.45) is 0. The Kier molecular flexibility index (Phi) is 4.09. The molecule has 0 fully saturated rings. The zero-order chi connectivity index (χ0) is 13.1. The molecule has 0 spiro atoms. The monoisotopic (exact) mass is 265 g/mol. The average molecular weight is 265 g/mol. The summed E-state index contributed by atoms with van der Waals surface area (Å²) >= 11 is 1.71. The maximum atomic E-state index is 5.63. The van der Waals surface area contributed by atoms with Crippen molar-refractivity contribution in [1.29, 1.82) is 0 Å². The van der Waals surface area contributed by atoms with Gasteiger partial charge in [-0.2, -0.15) is 0 Å². The Morgan fingerprint density at radius 2 is 2.17 bits per heavy atom. The van der Waals surface area contributed by atoms with Gasteiger partial charge in [0.1, 0.15) is 17.3 Å². The Morgan fingerprint density at radius 1 is 1.39 bits per heavy atom. The van der Waals surface area contributed by atoms with Crippen LogP contribution in [0.1, 0.15) is 34.9 Å². The van der Waals surface area contributed by atoms with Crippen molar-refractivity contribution in [3.63, 3.8) is 0 Å². The van der Waals surface area contributed by atoms with Crippen LogP contribution >= 0.6 is 11.3 Å². The molecule has 0 bridgehead atoms. The highest BCUT2D eigenvalue weighted by Crippen LogP contribution is 2.33. The van der Waals surface area contributed by atoms with Crippen LogP contribution in [0.25, 0.3) is 0 Å². The van der Waals surface area contributed by atoms with Crippen LogP contribution in [0.4, 0.5) is 0 Å². The second-order valence-corrected chi connectivity index (χ2v) is 5.19. The molecule has 2 heterocycles. The van der Waals surface area contributed by atoms with Crippen LogP contribution in [0.3, 0.4) is 0 Å². The van der Waals surface area contributed by atoms with E-state index in [9.17, 15) is 0 Å². The van der Waals surface area contributed by atoms with Crippen LogP contribution < -0.4 is 10.1 Å². The summed E-state index contributed by atoms with van der Waals surface area (Å²) < 4.78 is 10.9. The molecule has 1 N–H and O–H groups in total. The molecule has 2 aromatic heterocycles. The van der Waals surface area contributed by atoms with Crippen LogP contribution in [0, 0.1) is 13.8 Å². The molecule has 3 nitrogen and oxygen atoms in total. The van der Waals surface area contributed by atoms with Gasteiger partial charge in [-0.3, -0.25) is 0 Å². The molecule has 98 valence electrons. The minimum absolute atomic E-state index is 0.182. The molecule has 2 aromatic rings. The Hall–Kier alpha value is -1.26. The molecule has 0 aliphatic carbocycles. The lowest BCUT2D eigenvalue weighted by molar-refractivity contribution is 0.416. The molecule has 4 heteroatoms. The molecule has 0 aliphatic heterocycles. The maximum Gasteiger partial charge on any atom is 0.129 e. The van der Waals surface area contributed by atoms with Gasteiger partial charge in [-0.25, -0.2) is 0 Å². The van der Waals surface area contributed by atoms with Crippen LogP contribution in [-0.4, -0.2) is 13.7 Å². The van der Waals surface area contributed by atoms with Gasteiger partial charge in [0.2, 0.25) is 0 Å². The zero-order valence-corrected chi connectivity index (χ0v) is 12.1. The van der Waals surface area contributed by atoms with Crippen molar-refractivity contribution in [2.45, 2.75) is 26.8 Å². The maximum absolute atomic E-state index is 5.63. The van der Waals surface area contributed by atoms with Crippen LogP contribution in [0.5, 0.6) is 5.75 Å². The number of rotatable bonds is 5. The second kappa shape index (κ2) is 5.59. The fourth-order valence-electron chi connectivity index (χ4n) is 2.10. The van der Waals surface area contributed by atoms with Crippen molar-refractivity contribution in [3.05, 3.63) is 39.5 Å². The summed E-state index contributed by atoms with van der Waals surface area (Å²) in [4.78, 5) is 1.25. The smallest absolute Gasteiger partial charge is 0.129 e. The molecule has 0 aliphatic rings. The molecule has 0 saturated heterocycles.